The normalized spacial score (nSPS) is 10.5. The van der Waals surface area contributed by atoms with Gasteiger partial charge < -0.3 is 9.47 Å². The Hall–Kier alpha value is -1.80. The first-order valence-electron chi connectivity index (χ1n) is 4.86. The summed E-state index contributed by atoms with van der Waals surface area (Å²) in [6.45, 7) is 3.64. The molecular formula is C12H15NO3. The quantitative estimate of drug-likeness (QED) is 0.579. The van der Waals surface area contributed by atoms with E-state index in [-0.39, 0.29) is 0 Å². The summed E-state index contributed by atoms with van der Waals surface area (Å²) < 4.78 is 10.3. The molecule has 0 fully saturated rings. The van der Waals surface area contributed by atoms with Crippen LogP contribution >= 0.6 is 0 Å². The zero-order chi connectivity index (χ0) is 12.2. The fourth-order valence-corrected chi connectivity index (χ4v) is 1.48. The zero-order valence-corrected chi connectivity index (χ0v) is 9.90. The predicted octanol–water partition coefficient (Wildman–Crippen LogP) is 2.27. The lowest BCUT2D eigenvalue weighted by molar-refractivity contribution is 0.381. The first kappa shape index (κ1) is 12.3. The van der Waals surface area contributed by atoms with Gasteiger partial charge in [0.2, 0.25) is 6.08 Å². The lowest BCUT2D eigenvalue weighted by Gasteiger charge is -2.21. The number of carbonyl (C=O) groups excluding carboxylic acids is 1. The molecule has 0 aromatic heterocycles. The number of rotatable bonds is 4. The summed E-state index contributed by atoms with van der Waals surface area (Å²) in [5.74, 6) is 1.34. The lowest BCUT2D eigenvalue weighted by atomic mass is 9.94. The molecule has 4 heteroatoms. The van der Waals surface area contributed by atoms with Crippen LogP contribution in [0, 0.1) is 0 Å². The molecule has 0 N–H and O–H groups in total. The van der Waals surface area contributed by atoms with Gasteiger partial charge in [-0.2, -0.15) is 4.99 Å². The Morgan fingerprint density at radius 1 is 1.25 bits per heavy atom. The highest BCUT2D eigenvalue weighted by molar-refractivity contribution is 5.46. The van der Waals surface area contributed by atoms with Gasteiger partial charge in [0.05, 0.1) is 19.8 Å². The maximum Gasteiger partial charge on any atom is 0.235 e. The minimum atomic E-state index is -0.653. The average molecular weight is 221 g/mol. The molecule has 1 aromatic carbocycles. The summed E-state index contributed by atoms with van der Waals surface area (Å²) >= 11 is 0. The average Bonchev–Trinajstić information content (AvgIpc) is 2.28. The van der Waals surface area contributed by atoms with E-state index < -0.39 is 5.54 Å². The number of methoxy groups -OCH3 is 2. The van der Waals surface area contributed by atoms with Crippen LogP contribution in [0.2, 0.25) is 0 Å². The number of isocyanates is 1. The Kier molecular flexibility index (Phi) is 3.69. The summed E-state index contributed by atoms with van der Waals surface area (Å²) in [6, 6.07) is 5.40. The third kappa shape index (κ3) is 2.41. The van der Waals surface area contributed by atoms with Gasteiger partial charge in [0.1, 0.15) is 11.5 Å². The van der Waals surface area contributed by atoms with Crippen molar-refractivity contribution in [2.75, 3.05) is 14.2 Å². The van der Waals surface area contributed by atoms with Gasteiger partial charge in [0, 0.05) is 11.6 Å². The molecule has 1 rings (SSSR count). The van der Waals surface area contributed by atoms with Gasteiger partial charge in [0.25, 0.3) is 0 Å². The van der Waals surface area contributed by atoms with Crippen molar-refractivity contribution in [3.05, 3.63) is 23.8 Å². The zero-order valence-electron chi connectivity index (χ0n) is 9.90. The molecule has 0 aliphatic carbocycles. The van der Waals surface area contributed by atoms with Crippen molar-refractivity contribution in [3.8, 4) is 11.5 Å². The minimum Gasteiger partial charge on any atom is -0.497 e. The van der Waals surface area contributed by atoms with Crippen LogP contribution in [-0.4, -0.2) is 20.3 Å². The number of hydrogen-bond acceptors (Lipinski definition) is 4. The smallest absolute Gasteiger partial charge is 0.235 e. The number of benzene rings is 1. The third-order valence-electron chi connectivity index (χ3n) is 2.39. The Labute approximate surface area is 94.9 Å². The Morgan fingerprint density at radius 3 is 2.44 bits per heavy atom. The van der Waals surface area contributed by atoms with E-state index in [1.807, 2.05) is 19.9 Å². The van der Waals surface area contributed by atoms with Crippen molar-refractivity contribution >= 4 is 6.08 Å². The molecule has 0 aliphatic rings. The SMILES string of the molecule is COc1ccc(C(C)(C)N=C=O)c(OC)c1. The molecule has 0 radical (unpaired) electrons. The van der Waals surface area contributed by atoms with Crippen LogP contribution in [0.1, 0.15) is 19.4 Å². The van der Waals surface area contributed by atoms with Crippen molar-refractivity contribution < 1.29 is 14.3 Å². The second-order valence-corrected chi connectivity index (χ2v) is 3.83. The fraction of sp³-hybridized carbons (Fsp3) is 0.417. The monoisotopic (exact) mass is 221 g/mol. The summed E-state index contributed by atoms with van der Waals surface area (Å²) in [7, 11) is 3.15. The molecule has 0 aliphatic heterocycles. The van der Waals surface area contributed by atoms with Crippen LogP contribution in [0.25, 0.3) is 0 Å². The molecule has 0 unspecified atom stereocenters. The van der Waals surface area contributed by atoms with Crippen LogP contribution < -0.4 is 9.47 Å². The maximum absolute atomic E-state index is 10.4. The van der Waals surface area contributed by atoms with Gasteiger partial charge in [-0.1, -0.05) is 0 Å². The van der Waals surface area contributed by atoms with Crippen LogP contribution in [0.4, 0.5) is 0 Å². The third-order valence-corrected chi connectivity index (χ3v) is 2.39. The molecule has 0 amide bonds. The highest BCUT2D eigenvalue weighted by Crippen LogP contribution is 2.34. The molecule has 1 aromatic rings. The van der Waals surface area contributed by atoms with Gasteiger partial charge in [-0.3, -0.25) is 0 Å². The van der Waals surface area contributed by atoms with Crippen molar-refractivity contribution in [1.29, 1.82) is 0 Å². The molecule has 86 valence electrons. The standard InChI is InChI=1S/C12H15NO3/c1-12(2,13-8-14)10-6-5-9(15-3)7-11(10)16-4/h5-7H,1-4H3. The van der Waals surface area contributed by atoms with Crippen LogP contribution in [0.5, 0.6) is 11.5 Å². The largest absolute Gasteiger partial charge is 0.497 e. The molecular weight excluding hydrogens is 206 g/mol. The number of aliphatic imine (C=N–C) groups is 1. The Balaban J connectivity index is 3.28. The highest BCUT2D eigenvalue weighted by atomic mass is 16.5. The predicted molar refractivity (Wildman–Crippen MR) is 60.7 cm³/mol. The fourth-order valence-electron chi connectivity index (χ4n) is 1.48. The molecule has 0 spiro atoms. The lowest BCUT2D eigenvalue weighted by Crippen LogP contribution is -2.14. The summed E-state index contributed by atoms with van der Waals surface area (Å²) in [6.07, 6.45) is 1.57. The number of ether oxygens (including phenoxy) is 2. The number of nitrogens with zero attached hydrogens (tertiary/aromatic N) is 1. The van der Waals surface area contributed by atoms with Gasteiger partial charge in [-0.15, -0.1) is 0 Å². The Bertz CT molecular complexity index is 420. The molecule has 0 bridgehead atoms. The first-order valence-corrected chi connectivity index (χ1v) is 4.86. The van der Waals surface area contributed by atoms with Crippen molar-refractivity contribution in [1.82, 2.24) is 0 Å². The molecule has 0 saturated carbocycles. The summed E-state index contributed by atoms with van der Waals surface area (Å²) in [5.41, 5.74) is 0.165. The molecule has 0 saturated heterocycles. The van der Waals surface area contributed by atoms with Gasteiger partial charge in [-0.05, 0) is 26.0 Å². The molecule has 4 nitrogen and oxygen atoms in total. The maximum atomic E-state index is 10.4. The van der Waals surface area contributed by atoms with Crippen LogP contribution in [0.3, 0.4) is 0 Å². The van der Waals surface area contributed by atoms with Crippen LogP contribution in [0.15, 0.2) is 23.2 Å². The van der Waals surface area contributed by atoms with E-state index >= 15 is 0 Å². The highest BCUT2D eigenvalue weighted by Gasteiger charge is 2.24. The van der Waals surface area contributed by atoms with E-state index in [0.29, 0.717) is 11.5 Å². The van der Waals surface area contributed by atoms with Crippen LogP contribution in [-0.2, 0) is 10.3 Å². The van der Waals surface area contributed by atoms with Crippen molar-refractivity contribution in [2.24, 2.45) is 4.99 Å². The van der Waals surface area contributed by atoms with Gasteiger partial charge in [0.15, 0.2) is 0 Å². The van der Waals surface area contributed by atoms with Gasteiger partial charge >= 0.3 is 0 Å². The Morgan fingerprint density at radius 2 is 1.94 bits per heavy atom. The van der Waals surface area contributed by atoms with E-state index in [4.69, 9.17) is 9.47 Å². The van der Waals surface area contributed by atoms with Crippen molar-refractivity contribution in [2.45, 2.75) is 19.4 Å². The van der Waals surface area contributed by atoms with Gasteiger partial charge in [-0.25, -0.2) is 4.79 Å². The van der Waals surface area contributed by atoms with Crippen molar-refractivity contribution in [3.63, 3.8) is 0 Å². The topological polar surface area (TPSA) is 47.9 Å². The van der Waals surface area contributed by atoms with E-state index in [1.165, 1.54) is 0 Å². The minimum absolute atomic E-state index is 0.642. The van der Waals surface area contributed by atoms with E-state index in [0.717, 1.165) is 5.56 Å². The van der Waals surface area contributed by atoms with E-state index in [9.17, 15) is 4.79 Å². The molecule has 0 atom stereocenters. The summed E-state index contributed by atoms with van der Waals surface area (Å²) in [4.78, 5) is 14.1. The second kappa shape index (κ2) is 4.81. The molecule has 0 heterocycles. The summed E-state index contributed by atoms with van der Waals surface area (Å²) in [5, 5.41) is 0. The first-order chi connectivity index (χ1) is 7.55. The van der Waals surface area contributed by atoms with E-state index in [1.54, 1.807) is 32.4 Å². The van der Waals surface area contributed by atoms with E-state index in [2.05, 4.69) is 4.99 Å². The molecule has 16 heavy (non-hydrogen) atoms. The second-order valence-electron chi connectivity index (χ2n) is 3.83. The number of hydrogen-bond donors (Lipinski definition) is 0.